The van der Waals surface area contributed by atoms with Crippen LogP contribution in [0.5, 0.6) is 0 Å². The molecule has 3 nitrogen and oxygen atoms in total. The molecule has 94 valence electrons. The van der Waals surface area contributed by atoms with Crippen molar-refractivity contribution in [2.75, 3.05) is 23.4 Å². The number of anilines is 4. The van der Waals surface area contributed by atoms with Crippen LogP contribution in [0.25, 0.3) is 0 Å². The lowest BCUT2D eigenvalue weighted by atomic mass is 10.2. The topological polar surface area (TPSA) is 55.3 Å². The summed E-state index contributed by atoms with van der Waals surface area (Å²) >= 11 is 5.80. The minimum absolute atomic E-state index is 0.109. The van der Waals surface area contributed by atoms with E-state index in [9.17, 15) is 4.39 Å². The Bertz CT molecular complexity index is 572. The molecule has 2 aromatic rings. The molecule has 0 heterocycles. The maximum atomic E-state index is 14.1. The van der Waals surface area contributed by atoms with E-state index in [0.29, 0.717) is 0 Å². The van der Waals surface area contributed by atoms with Gasteiger partial charge in [-0.3, -0.25) is 0 Å². The van der Waals surface area contributed by atoms with Crippen LogP contribution in [0.2, 0.25) is 5.02 Å². The van der Waals surface area contributed by atoms with Crippen molar-refractivity contribution in [1.29, 1.82) is 0 Å². The Balaban J connectivity index is 2.55. The first-order valence-corrected chi connectivity index (χ1v) is 5.72. The lowest BCUT2D eigenvalue weighted by Crippen LogP contribution is -2.14. The Labute approximate surface area is 110 Å². The van der Waals surface area contributed by atoms with Gasteiger partial charge in [0.2, 0.25) is 0 Å². The van der Waals surface area contributed by atoms with Gasteiger partial charge < -0.3 is 16.4 Å². The smallest absolute Gasteiger partial charge is 0.169 e. The minimum Gasteiger partial charge on any atom is -0.397 e. The van der Waals surface area contributed by atoms with Gasteiger partial charge in [-0.15, -0.1) is 0 Å². The quantitative estimate of drug-likeness (QED) is 0.818. The molecule has 0 radical (unpaired) electrons. The number of rotatable bonds is 2. The molecule has 2 aromatic carbocycles. The van der Waals surface area contributed by atoms with Crippen LogP contribution in [0.4, 0.5) is 27.1 Å². The van der Waals surface area contributed by atoms with Gasteiger partial charge in [0.15, 0.2) is 5.82 Å². The Kier molecular flexibility index (Phi) is 3.30. The van der Waals surface area contributed by atoms with Gasteiger partial charge in [-0.25, -0.2) is 4.39 Å². The normalized spacial score (nSPS) is 10.4. The van der Waals surface area contributed by atoms with Crippen molar-refractivity contribution in [3.63, 3.8) is 0 Å². The lowest BCUT2D eigenvalue weighted by Gasteiger charge is -2.22. The maximum Gasteiger partial charge on any atom is 0.169 e. The third-order valence-corrected chi connectivity index (χ3v) is 3.10. The summed E-state index contributed by atoms with van der Waals surface area (Å²) in [5.74, 6) is -0.611. The first-order valence-electron chi connectivity index (χ1n) is 5.34. The monoisotopic (exact) mass is 265 g/mol. The molecule has 0 amide bonds. The van der Waals surface area contributed by atoms with Gasteiger partial charge in [-0.05, 0) is 18.2 Å². The number of hydrogen-bond acceptors (Lipinski definition) is 3. The molecule has 0 bridgehead atoms. The van der Waals surface area contributed by atoms with E-state index >= 15 is 0 Å². The fraction of sp³-hybridized carbons (Fsp3) is 0.0769. The second-order valence-corrected chi connectivity index (χ2v) is 4.30. The van der Waals surface area contributed by atoms with Crippen LogP contribution in [0, 0.1) is 5.82 Å². The molecule has 0 saturated carbocycles. The Hall–Kier alpha value is -1.94. The van der Waals surface area contributed by atoms with Gasteiger partial charge in [-0.2, -0.15) is 0 Å². The SMILES string of the molecule is CN(c1ccccc1)c1c(N)cc(N)c(Cl)c1F. The van der Waals surface area contributed by atoms with Gasteiger partial charge in [0.1, 0.15) is 10.7 Å². The van der Waals surface area contributed by atoms with Crippen LogP contribution >= 0.6 is 11.6 Å². The highest BCUT2D eigenvalue weighted by Crippen LogP contribution is 2.38. The minimum atomic E-state index is -0.611. The summed E-state index contributed by atoms with van der Waals surface area (Å²) < 4.78 is 14.1. The standard InChI is InChI=1S/C13H13ClFN3/c1-18(8-5-3-2-4-6-8)13-10(17)7-9(16)11(14)12(13)15/h2-7H,16-17H2,1H3. The van der Waals surface area contributed by atoms with E-state index in [0.717, 1.165) is 5.69 Å². The number of halogens is 2. The van der Waals surface area contributed by atoms with Gasteiger partial charge in [0, 0.05) is 12.7 Å². The highest BCUT2D eigenvalue weighted by atomic mass is 35.5. The zero-order valence-corrected chi connectivity index (χ0v) is 10.6. The van der Waals surface area contributed by atoms with Crippen molar-refractivity contribution in [1.82, 2.24) is 0 Å². The van der Waals surface area contributed by atoms with Crippen molar-refractivity contribution < 1.29 is 4.39 Å². The van der Waals surface area contributed by atoms with Crippen molar-refractivity contribution in [2.45, 2.75) is 0 Å². The van der Waals surface area contributed by atoms with Crippen molar-refractivity contribution >= 4 is 34.4 Å². The van der Waals surface area contributed by atoms with E-state index in [1.807, 2.05) is 30.3 Å². The van der Waals surface area contributed by atoms with Crippen LogP contribution in [0.1, 0.15) is 0 Å². The largest absolute Gasteiger partial charge is 0.397 e. The van der Waals surface area contributed by atoms with Gasteiger partial charge >= 0.3 is 0 Å². The second kappa shape index (κ2) is 4.74. The fourth-order valence-corrected chi connectivity index (χ4v) is 1.92. The molecular formula is C13H13ClFN3. The molecule has 5 heteroatoms. The highest BCUT2D eigenvalue weighted by Gasteiger charge is 2.18. The number of benzene rings is 2. The zero-order chi connectivity index (χ0) is 13.3. The van der Waals surface area contributed by atoms with E-state index in [1.54, 1.807) is 11.9 Å². The number of nitrogens with two attached hydrogens (primary N) is 2. The maximum absolute atomic E-state index is 14.1. The molecule has 0 unspecified atom stereocenters. The number of nitrogen functional groups attached to an aromatic ring is 2. The van der Waals surface area contributed by atoms with Crippen LogP contribution < -0.4 is 16.4 Å². The summed E-state index contributed by atoms with van der Waals surface area (Å²) in [6.45, 7) is 0. The number of para-hydroxylation sites is 1. The molecule has 0 saturated heterocycles. The van der Waals surface area contributed by atoms with Gasteiger partial charge in [0.05, 0.1) is 11.4 Å². The third-order valence-electron chi connectivity index (χ3n) is 2.72. The summed E-state index contributed by atoms with van der Waals surface area (Å²) in [6.07, 6.45) is 0. The molecular weight excluding hydrogens is 253 g/mol. The summed E-state index contributed by atoms with van der Waals surface area (Å²) in [5.41, 5.74) is 12.8. The van der Waals surface area contributed by atoms with E-state index in [2.05, 4.69) is 0 Å². The molecule has 0 fully saturated rings. The average Bonchev–Trinajstić information content (AvgIpc) is 2.37. The molecule has 0 aliphatic rings. The molecule has 0 aliphatic carbocycles. The first kappa shape index (κ1) is 12.5. The summed E-state index contributed by atoms with van der Waals surface area (Å²) in [4.78, 5) is 1.63. The third kappa shape index (κ3) is 2.07. The number of nitrogens with zero attached hydrogens (tertiary/aromatic N) is 1. The zero-order valence-electron chi connectivity index (χ0n) is 9.82. The van der Waals surface area contributed by atoms with Gasteiger partial charge in [-0.1, -0.05) is 29.8 Å². The van der Waals surface area contributed by atoms with E-state index in [-0.39, 0.29) is 22.1 Å². The molecule has 0 atom stereocenters. The van der Waals surface area contributed by atoms with Crippen molar-refractivity contribution in [2.24, 2.45) is 0 Å². The molecule has 0 aliphatic heterocycles. The fourth-order valence-electron chi connectivity index (χ4n) is 1.78. The van der Waals surface area contributed by atoms with Crippen LogP contribution in [-0.4, -0.2) is 7.05 Å². The highest BCUT2D eigenvalue weighted by molar-refractivity contribution is 6.33. The van der Waals surface area contributed by atoms with Crippen LogP contribution in [-0.2, 0) is 0 Å². The Morgan fingerprint density at radius 2 is 1.72 bits per heavy atom. The summed E-state index contributed by atoms with van der Waals surface area (Å²) in [7, 11) is 1.72. The van der Waals surface area contributed by atoms with E-state index in [4.69, 9.17) is 23.1 Å². The van der Waals surface area contributed by atoms with E-state index in [1.165, 1.54) is 6.07 Å². The van der Waals surface area contributed by atoms with E-state index < -0.39 is 5.82 Å². The Morgan fingerprint density at radius 3 is 2.33 bits per heavy atom. The first-order chi connectivity index (χ1) is 8.52. The summed E-state index contributed by atoms with van der Waals surface area (Å²) in [5, 5.41) is -0.109. The lowest BCUT2D eigenvalue weighted by molar-refractivity contribution is 0.629. The second-order valence-electron chi connectivity index (χ2n) is 3.93. The molecule has 2 rings (SSSR count). The van der Waals surface area contributed by atoms with Gasteiger partial charge in [0.25, 0.3) is 0 Å². The van der Waals surface area contributed by atoms with Crippen molar-refractivity contribution in [3.05, 3.63) is 47.2 Å². The molecule has 18 heavy (non-hydrogen) atoms. The summed E-state index contributed by atoms with van der Waals surface area (Å²) in [6, 6.07) is 10.8. The molecule has 0 aromatic heterocycles. The molecule has 0 spiro atoms. The molecule has 4 N–H and O–H groups in total. The van der Waals surface area contributed by atoms with Crippen LogP contribution in [0.3, 0.4) is 0 Å². The predicted octanol–water partition coefficient (Wildman–Crippen LogP) is 3.41. The number of hydrogen-bond donors (Lipinski definition) is 2. The van der Waals surface area contributed by atoms with Crippen LogP contribution in [0.15, 0.2) is 36.4 Å². The Morgan fingerprint density at radius 1 is 1.11 bits per heavy atom. The van der Waals surface area contributed by atoms with Crippen molar-refractivity contribution in [3.8, 4) is 0 Å². The predicted molar refractivity (Wildman–Crippen MR) is 74.7 cm³/mol. The average molecular weight is 266 g/mol.